The molecule has 9 heteroatoms. The number of fused-ring (bicyclic) bond motifs is 1. The van der Waals surface area contributed by atoms with Crippen molar-refractivity contribution in [3.05, 3.63) is 41.7 Å². The molecular formula is C17H18ClN7O. The van der Waals surface area contributed by atoms with Crippen LogP contribution in [0.15, 0.2) is 30.9 Å². The highest BCUT2D eigenvalue weighted by Gasteiger charge is 2.20. The molecule has 1 aliphatic rings. The van der Waals surface area contributed by atoms with Gasteiger partial charge in [-0.05, 0) is 29.7 Å². The Balaban J connectivity index is 1.53. The first-order valence-corrected chi connectivity index (χ1v) is 8.87. The molecule has 1 saturated heterocycles. The van der Waals surface area contributed by atoms with Crippen LogP contribution in [0.25, 0.3) is 11.2 Å². The van der Waals surface area contributed by atoms with Crippen LogP contribution in [0.3, 0.4) is 0 Å². The zero-order valence-corrected chi connectivity index (χ0v) is 14.9. The third-order valence-electron chi connectivity index (χ3n) is 4.40. The summed E-state index contributed by atoms with van der Waals surface area (Å²) in [5, 5.41) is 3.40. The minimum atomic E-state index is 0.158. The van der Waals surface area contributed by atoms with Gasteiger partial charge in [-0.1, -0.05) is 6.07 Å². The number of carbonyl (C=O) groups is 1. The van der Waals surface area contributed by atoms with Crippen molar-refractivity contribution in [2.75, 3.05) is 18.4 Å². The molecule has 0 aromatic carbocycles. The fourth-order valence-electron chi connectivity index (χ4n) is 3.06. The Morgan fingerprint density at radius 2 is 2.19 bits per heavy atom. The van der Waals surface area contributed by atoms with Gasteiger partial charge in [0, 0.05) is 45.0 Å². The first kappa shape index (κ1) is 16.7. The second kappa shape index (κ2) is 7.25. The molecule has 1 amide bonds. The number of halogens is 1. The standard InChI is InChI=1S/C17H18ClN7O/c18-17-22-15(20-10-12-3-1-5-19-9-12)14-16(23-17)25(11-21-14)8-7-24-6-2-4-13(24)26/h1,3,5,9,11H,2,4,6-8,10H2,(H,20,22,23). The van der Waals surface area contributed by atoms with Gasteiger partial charge in [0.05, 0.1) is 6.33 Å². The Bertz CT molecular complexity index is 928. The lowest BCUT2D eigenvalue weighted by Gasteiger charge is -2.15. The molecule has 8 nitrogen and oxygen atoms in total. The highest BCUT2D eigenvalue weighted by Crippen LogP contribution is 2.21. The lowest BCUT2D eigenvalue weighted by atomic mass is 10.3. The molecule has 0 aliphatic carbocycles. The Morgan fingerprint density at radius 1 is 1.27 bits per heavy atom. The average Bonchev–Trinajstić information content (AvgIpc) is 3.24. The molecule has 0 radical (unpaired) electrons. The van der Waals surface area contributed by atoms with Crippen molar-refractivity contribution in [1.29, 1.82) is 0 Å². The topological polar surface area (TPSA) is 88.8 Å². The van der Waals surface area contributed by atoms with E-state index in [0.29, 0.717) is 43.0 Å². The fourth-order valence-corrected chi connectivity index (χ4v) is 3.23. The Hall–Kier alpha value is -2.74. The summed E-state index contributed by atoms with van der Waals surface area (Å²) in [6.07, 6.45) is 6.81. The van der Waals surface area contributed by atoms with E-state index in [9.17, 15) is 4.79 Å². The van der Waals surface area contributed by atoms with Gasteiger partial charge in [-0.3, -0.25) is 9.78 Å². The largest absolute Gasteiger partial charge is 0.364 e. The van der Waals surface area contributed by atoms with Crippen LogP contribution in [-0.2, 0) is 17.9 Å². The van der Waals surface area contributed by atoms with E-state index in [0.717, 1.165) is 18.5 Å². The quantitative estimate of drug-likeness (QED) is 0.667. The van der Waals surface area contributed by atoms with Crippen molar-refractivity contribution >= 4 is 34.5 Å². The fraction of sp³-hybridized carbons (Fsp3) is 0.353. The van der Waals surface area contributed by atoms with E-state index < -0.39 is 0 Å². The van der Waals surface area contributed by atoms with Crippen LogP contribution in [0.5, 0.6) is 0 Å². The molecule has 0 bridgehead atoms. The number of hydrogen-bond donors (Lipinski definition) is 1. The molecule has 4 rings (SSSR count). The number of hydrogen-bond acceptors (Lipinski definition) is 6. The summed E-state index contributed by atoms with van der Waals surface area (Å²) in [6, 6.07) is 3.86. The van der Waals surface area contributed by atoms with Crippen molar-refractivity contribution in [2.45, 2.75) is 25.9 Å². The molecule has 3 aromatic heterocycles. The summed E-state index contributed by atoms with van der Waals surface area (Å²) in [4.78, 5) is 30.7. The number of nitrogens with zero attached hydrogens (tertiary/aromatic N) is 6. The van der Waals surface area contributed by atoms with E-state index in [4.69, 9.17) is 11.6 Å². The number of anilines is 1. The first-order chi connectivity index (χ1) is 12.7. The summed E-state index contributed by atoms with van der Waals surface area (Å²) < 4.78 is 1.91. The zero-order chi connectivity index (χ0) is 17.9. The van der Waals surface area contributed by atoms with Crippen molar-refractivity contribution in [2.24, 2.45) is 0 Å². The van der Waals surface area contributed by atoms with Crippen LogP contribution in [0, 0.1) is 0 Å². The number of likely N-dealkylation sites (tertiary alicyclic amines) is 1. The predicted octanol–water partition coefficient (Wildman–Crippen LogP) is 2.11. The minimum Gasteiger partial charge on any atom is -0.364 e. The van der Waals surface area contributed by atoms with Gasteiger partial charge in [0.2, 0.25) is 11.2 Å². The molecule has 0 spiro atoms. The molecule has 3 aromatic rings. The third-order valence-corrected chi connectivity index (χ3v) is 4.57. The van der Waals surface area contributed by atoms with Crippen LogP contribution in [-0.4, -0.2) is 48.4 Å². The van der Waals surface area contributed by atoms with Gasteiger partial charge in [0.15, 0.2) is 17.0 Å². The van der Waals surface area contributed by atoms with E-state index in [-0.39, 0.29) is 11.2 Å². The Morgan fingerprint density at radius 3 is 2.96 bits per heavy atom. The maximum absolute atomic E-state index is 11.8. The van der Waals surface area contributed by atoms with Gasteiger partial charge in [-0.2, -0.15) is 9.97 Å². The predicted molar refractivity (Wildman–Crippen MR) is 97.7 cm³/mol. The summed E-state index contributed by atoms with van der Waals surface area (Å²) in [6.45, 7) is 2.65. The molecule has 26 heavy (non-hydrogen) atoms. The van der Waals surface area contributed by atoms with Crippen LogP contribution in [0.2, 0.25) is 5.28 Å². The molecular weight excluding hydrogens is 354 g/mol. The molecule has 0 atom stereocenters. The maximum Gasteiger partial charge on any atom is 0.226 e. The van der Waals surface area contributed by atoms with E-state index in [1.165, 1.54) is 0 Å². The summed E-state index contributed by atoms with van der Waals surface area (Å²) in [7, 11) is 0. The Labute approximate surface area is 155 Å². The van der Waals surface area contributed by atoms with Gasteiger partial charge < -0.3 is 14.8 Å². The number of rotatable bonds is 6. The van der Waals surface area contributed by atoms with E-state index >= 15 is 0 Å². The van der Waals surface area contributed by atoms with Crippen molar-refractivity contribution in [3.8, 4) is 0 Å². The van der Waals surface area contributed by atoms with E-state index in [1.54, 1.807) is 18.7 Å². The smallest absolute Gasteiger partial charge is 0.226 e. The monoisotopic (exact) mass is 371 g/mol. The van der Waals surface area contributed by atoms with Crippen molar-refractivity contribution < 1.29 is 4.79 Å². The number of pyridine rings is 1. The van der Waals surface area contributed by atoms with Crippen LogP contribution < -0.4 is 5.32 Å². The molecule has 1 aliphatic heterocycles. The van der Waals surface area contributed by atoms with Gasteiger partial charge in [0.1, 0.15) is 0 Å². The normalized spacial score (nSPS) is 14.3. The van der Waals surface area contributed by atoms with Crippen LogP contribution in [0.4, 0.5) is 5.82 Å². The van der Waals surface area contributed by atoms with Crippen molar-refractivity contribution in [1.82, 2.24) is 29.4 Å². The highest BCUT2D eigenvalue weighted by atomic mass is 35.5. The SMILES string of the molecule is O=C1CCCN1CCn1cnc2c(NCc3cccnc3)nc(Cl)nc21. The van der Waals surface area contributed by atoms with Crippen LogP contribution in [0.1, 0.15) is 18.4 Å². The minimum absolute atomic E-state index is 0.158. The van der Waals surface area contributed by atoms with Crippen LogP contribution >= 0.6 is 11.6 Å². The Kier molecular flexibility index (Phi) is 4.66. The third kappa shape index (κ3) is 3.45. The van der Waals surface area contributed by atoms with Crippen molar-refractivity contribution in [3.63, 3.8) is 0 Å². The van der Waals surface area contributed by atoms with Gasteiger partial charge >= 0.3 is 0 Å². The molecule has 4 heterocycles. The second-order valence-corrected chi connectivity index (χ2v) is 6.49. The summed E-state index contributed by atoms with van der Waals surface area (Å²) in [5.74, 6) is 0.792. The average molecular weight is 372 g/mol. The van der Waals surface area contributed by atoms with E-state index in [2.05, 4.69) is 25.3 Å². The van der Waals surface area contributed by atoms with Gasteiger partial charge in [-0.15, -0.1) is 0 Å². The lowest BCUT2D eigenvalue weighted by Crippen LogP contribution is -2.28. The molecule has 1 N–H and O–H groups in total. The summed E-state index contributed by atoms with van der Waals surface area (Å²) >= 11 is 6.10. The summed E-state index contributed by atoms with van der Waals surface area (Å²) in [5.41, 5.74) is 2.35. The number of amides is 1. The number of nitrogens with one attached hydrogen (secondary N) is 1. The van der Waals surface area contributed by atoms with Gasteiger partial charge in [0.25, 0.3) is 0 Å². The molecule has 1 fully saturated rings. The molecule has 0 unspecified atom stereocenters. The number of carbonyl (C=O) groups excluding carboxylic acids is 1. The lowest BCUT2D eigenvalue weighted by molar-refractivity contribution is -0.127. The first-order valence-electron chi connectivity index (χ1n) is 8.49. The number of imidazole rings is 1. The maximum atomic E-state index is 11.8. The molecule has 134 valence electrons. The van der Waals surface area contributed by atoms with E-state index in [1.807, 2.05) is 21.6 Å². The number of aromatic nitrogens is 5. The zero-order valence-electron chi connectivity index (χ0n) is 14.1. The highest BCUT2D eigenvalue weighted by molar-refractivity contribution is 6.28. The molecule has 0 saturated carbocycles. The van der Waals surface area contributed by atoms with Gasteiger partial charge in [-0.25, -0.2) is 4.98 Å². The second-order valence-electron chi connectivity index (χ2n) is 6.15.